The van der Waals surface area contributed by atoms with E-state index < -0.39 is 0 Å². The van der Waals surface area contributed by atoms with Crippen LogP contribution in [0, 0.1) is 0 Å². The molecule has 0 unspecified atom stereocenters. The fourth-order valence-corrected chi connectivity index (χ4v) is 3.09. The van der Waals surface area contributed by atoms with E-state index in [2.05, 4.69) is 21.0 Å². The molecule has 5 nitrogen and oxygen atoms in total. The van der Waals surface area contributed by atoms with Crippen LogP contribution in [-0.4, -0.2) is 27.1 Å². The molecule has 1 aliphatic rings. The van der Waals surface area contributed by atoms with Gasteiger partial charge in [-0.05, 0) is 40.9 Å². The lowest BCUT2D eigenvalue weighted by molar-refractivity contribution is 0.0707. The summed E-state index contributed by atoms with van der Waals surface area (Å²) in [5.74, 6) is 0.843. The van der Waals surface area contributed by atoms with Crippen LogP contribution in [-0.2, 0) is 7.05 Å². The van der Waals surface area contributed by atoms with Crippen LogP contribution in [0.1, 0.15) is 35.1 Å². The van der Waals surface area contributed by atoms with Gasteiger partial charge in [0, 0.05) is 13.6 Å². The van der Waals surface area contributed by atoms with Crippen molar-refractivity contribution in [3.63, 3.8) is 0 Å². The normalized spacial score (nSPS) is 19.1. The van der Waals surface area contributed by atoms with E-state index in [1.54, 1.807) is 24.2 Å². The second-order valence-corrected chi connectivity index (χ2v) is 5.49. The summed E-state index contributed by atoms with van der Waals surface area (Å²) in [4.78, 5) is 14.5. The van der Waals surface area contributed by atoms with E-state index >= 15 is 0 Å². The minimum absolute atomic E-state index is 0.00854. The van der Waals surface area contributed by atoms with Crippen LogP contribution in [0.4, 0.5) is 0 Å². The first-order valence-electron chi connectivity index (χ1n) is 6.20. The Labute approximate surface area is 119 Å². The van der Waals surface area contributed by atoms with Gasteiger partial charge >= 0.3 is 0 Å². The minimum atomic E-state index is -0.00854. The van der Waals surface area contributed by atoms with Gasteiger partial charge in [-0.25, -0.2) is 0 Å². The Kier molecular flexibility index (Phi) is 3.18. The van der Waals surface area contributed by atoms with E-state index in [0.29, 0.717) is 5.69 Å². The standard InChI is InChI=1S/C13H14BrN3O2/c1-16-12(9(14)8-15-16)13(18)17-6-2-4-10(17)11-5-3-7-19-11/h3,5,7-8,10H,2,4,6H2,1H3/t10-/m1/s1. The molecule has 0 radical (unpaired) electrons. The van der Waals surface area contributed by atoms with Crippen molar-refractivity contribution in [2.75, 3.05) is 6.54 Å². The number of likely N-dealkylation sites (tertiary alicyclic amines) is 1. The Balaban J connectivity index is 1.91. The largest absolute Gasteiger partial charge is 0.467 e. The summed E-state index contributed by atoms with van der Waals surface area (Å²) >= 11 is 3.38. The van der Waals surface area contributed by atoms with Gasteiger partial charge in [-0.1, -0.05) is 0 Å². The molecule has 1 fully saturated rings. The monoisotopic (exact) mass is 323 g/mol. The Morgan fingerprint density at radius 3 is 3.05 bits per heavy atom. The average Bonchev–Trinajstić information content (AvgIpc) is 3.08. The molecule has 100 valence electrons. The summed E-state index contributed by atoms with van der Waals surface area (Å²) in [6, 6.07) is 3.81. The number of nitrogens with zero attached hydrogens (tertiary/aromatic N) is 3. The number of rotatable bonds is 2. The maximum absolute atomic E-state index is 12.6. The molecule has 1 aliphatic heterocycles. The van der Waals surface area contributed by atoms with Gasteiger partial charge in [-0.3, -0.25) is 9.48 Å². The molecule has 0 bridgehead atoms. The number of halogens is 1. The van der Waals surface area contributed by atoms with Crippen molar-refractivity contribution in [1.82, 2.24) is 14.7 Å². The van der Waals surface area contributed by atoms with Crippen LogP contribution >= 0.6 is 15.9 Å². The van der Waals surface area contributed by atoms with Crippen molar-refractivity contribution < 1.29 is 9.21 Å². The van der Waals surface area contributed by atoms with E-state index in [1.165, 1.54) is 0 Å². The fraction of sp³-hybridized carbons (Fsp3) is 0.385. The molecule has 1 amide bonds. The molecule has 0 saturated carbocycles. The molecule has 1 saturated heterocycles. The molecule has 2 aromatic rings. The van der Waals surface area contributed by atoms with Crippen LogP contribution in [0.3, 0.4) is 0 Å². The van der Waals surface area contributed by atoms with Crippen molar-refractivity contribution in [3.8, 4) is 0 Å². The van der Waals surface area contributed by atoms with Crippen molar-refractivity contribution in [3.05, 3.63) is 40.5 Å². The molecule has 3 heterocycles. The summed E-state index contributed by atoms with van der Waals surface area (Å²) < 4.78 is 7.78. The quantitative estimate of drug-likeness (QED) is 0.853. The smallest absolute Gasteiger partial charge is 0.273 e. The molecule has 2 aromatic heterocycles. The van der Waals surface area contributed by atoms with Gasteiger partial charge in [0.15, 0.2) is 0 Å². The minimum Gasteiger partial charge on any atom is -0.467 e. The highest BCUT2D eigenvalue weighted by Gasteiger charge is 2.34. The van der Waals surface area contributed by atoms with Gasteiger partial charge in [0.2, 0.25) is 0 Å². The Hall–Kier alpha value is -1.56. The predicted octanol–water partition coefficient (Wildman–Crippen LogP) is 2.75. The van der Waals surface area contributed by atoms with Crippen LogP contribution < -0.4 is 0 Å². The second kappa shape index (κ2) is 4.85. The number of aromatic nitrogens is 2. The van der Waals surface area contributed by atoms with Gasteiger partial charge in [0.1, 0.15) is 11.5 Å². The number of hydrogen-bond acceptors (Lipinski definition) is 3. The van der Waals surface area contributed by atoms with E-state index in [-0.39, 0.29) is 11.9 Å². The first kappa shape index (κ1) is 12.5. The third kappa shape index (κ3) is 2.10. The van der Waals surface area contributed by atoms with Gasteiger partial charge in [0.25, 0.3) is 5.91 Å². The van der Waals surface area contributed by atoms with Gasteiger partial charge in [-0.2, -0.15) is 5.10 Å². The SMILES string of the molecule is Cn1ncc(Br)c1C(=O)N1CCC[C@@H]1c1ccco1. The van der Waals surface area contributed by atoms with Crippen LogP contribution in [0.2, 0.25) is 0 Å². The highest BCUT2D eigenvalue weighted by atomic mass is 79.9. The highest BCUT2D eigenvalue weighted by Crippen LogP contribution is 2.34. The van der Waals surface area contributed by atoms with Crippen molar-refractivity contribution in [2.45, 2.75) is 18.9 Å². The van der Waals surface area contributed by atoms with Gasteiger partial charge < -0.3 is 9.32 Å². The number of amides is 1. The van der Waals surface area contributed by atoms with E-state index in [9.17, 15) is 4.79 Å². The van der Waals surface area contributed by atoms with Crippen molar-refractivity contribution in [2.24, 2.45) is 7.05 Å². The molecule has 0 spiro atoms. The van der Waals surface area contributed by atoms with E-state index in [4.69, 9.17) is 4.42 Å². The number of furan rings is 1. The zero-order valence-electron chi connectivity index (χ0n) is 10.5. The zero-order chi connectivity index (χ0) is 13.4. The zero-order valence-corrected chi connectivity index (χ0v) is 12.1. The summed E-state index contributed by atoms with van der Waals surface area (Å²) in [6.45, 7) is 0.752. The maximum atomic E-state index is 12.6. The third-order valence-corrected chi connectivity index (χ3v) is 4.06. The molecular formula is C13H14BrN3O2. The Morgan fingerprint density at radius 2 is 2.42 bits per heavy atom. The van der Waals surface area contributed by atoms with Crippen LogP contribution in [0.5, 0.6) is 0 Å². The van der Waals surface area contributed by atoms with Crippen LogP contribution in [0.15, 0.2) is 33.5 Å². The number of aryl methyl sites for hydroxylation is 1. The first-order valence-corrected chi connectivity index (χ1v) is 6.99. The van der Waals surface area contributed by atoms with E-state index in [1.807, 2.05) is 17.0 Å². The molecule has 19 heavy (non-hydrogen) atoms. The fourth-order valence-electron chi connectivity index (χ4n) is 2.57. The van der Waals surface area contributed by atoms with Crippen molar-refractivity contribution >= 4 is 21.8 Å². The van der Waals surface area contributed by atoms with Gasteiger partial charge in [-0.15, -0.1) is 0 Å². The van der Waals surface area contributed by atoms with Crippen LogP contribution in [0.25, 0.3) is 0 Å². The summed E-state index contributed by atoms with van der Waals surface area (Å²) in [7, 11) is 1.77. The average molecular weight is 324 g/mol. The molecular weight excluding hydrogens is 310 g/mol. The summed E-state index contributed by atoms with van der Waals surface area (Å²) in [6.07, 6.45) is 5.23. The summed E-state index contributed by atoms with van der Waals surface area (Å²) in [5.41, 5.74) is 0.582. The Morgan fingerprint density at radius 1 is 1.58 bits per heavy atom. The lowest BCUT2D eigenvalue weighted by Crippen LogP contribution is -2.32. The summed E-state index contributed by atoms with van der Waals surface area (Å²) in [5, 5.41) is 4.10. The molecule has 6 heteroatoms. The predicted molar refractivity (Wildman–Crippen MR) is 72.6 cm³/mol. The van der Waals surface area contributed by atoms with E-state index in [0.717, 1.165) is 29.6 Å². The number of carbonyl (C=O) groups is 1. The lowest BCUT2D eigenvalue weighted by Gasteiger charge is -2.23. The molecule has 0 aromatic carbocycles. The topological polar surface area (TPSA) is 51.3 Å². The maximum Gasteiger partial charge on any atom is 0.273 e. The molecule has 0 N–H and O–H groups in total. The number of carbonyl (C=O) groups excluding carboxylic acids is 1. The second-order valence-electron chi connectivity index (χ2n) is 4.64. The highest BCUT2D eigenvalue weighted by molar-refractivity contribution is 9.10. The Bertz CT molecular complexity index is 572. The first-order chi connectivity index (χ1) is 9.18. The molecule has 3 rings (SSSR count). The molecule has 1 atom stereocenters. The lowest BCUT2D eigenvalue weighted by atomic mass is 10.1. The molecule has 0 aliphatic carbocycles. The number of hydrogen-bond donors (Lipinski definition) is 0. The van der Waals surface area contributed by atoms with Gasteiger partial charge in [0.05, 0.1) is 23.0 Å². The van der Waals surface area contributed by atoms with Crippen molar-refractivity contribution in [1.29, 1.82) is 0 Å². The third-order valence-electron chi connectivity index (χ3n) is 3.48.